The predicted molar refractivity (Wildman–Crippen MR) is 72.1 cm³/mol. The molecule has 5 heteroatoms. The molecule has 1 amide bonds. The molecule has 1 aromatic rings. The summed E-state index contributed by atoms with van der Waals surface area (Å²) in [5, 5.41) is 3.88. The molecule has 0 aliphatic carbocycles. The van der Waals surface area contributed by atoms with Crippen molar-refractivity contribution >= 4 is 29.9 Å². The lowest BCUT2D eigenvalue weighted by atomic mass is 10.2. The Morgan fingerprint density at radius 2 is 2.12 bits per heavy atom. The van der Waals surface area contributed by atoms with Gasteiger partial charge in [0.25, 0.3) is 5.91 Å². The van der Waals surface area contributed by atoms with Gasteiger partial charge in [-0.1, -0.05) is 17.7 Å². The number of rotatable bonds is 1. The lowest BCUT2D eigenvalue weighted by molar-refractivity contribution is 0.0766. The van der Waals surface area contributed by atoms with Gasteiger partial charge in [0.05, 0.1) is 0 Å². The molecule has 2 rings (SSSR count). The largest absolute Gasteiger partial charge is 0.337 e. The van der Waals surface area contributed by atoms with E-state index in [9.17, 15) is 4.79 Å². The van der Waals surface area contributed by atoms with Gasteiger partial charge in [-0.3, -0.25) is 4.79 Å². The van der Waals surface area contributed by atoms with Crippen LogP contribution in [0.1, 0.15) is 16.8 Å². The topological polar surface area (TPSA) is 32.3 Å². The maximum atomic E-state index is 12.1. The van der Waals surface area contributed by atoms with Crippen LogP contribution in [0, 0.1) is 0 Å². The molecule has 17 heavy (non-hydrogen) atoms. The first-order valence-corrected chi connectivity index (χ1v) is 5.91. The SMILES string of the molecule is Cl.O=C(c1cccc(Cl)c1)N1CCCNCC1. The maximum Gasteiger partial charge on any atom is 0.253 e. The Morgan fingerprint density at radius 3 is 2.88 bits per heavy atom. The molecule has 1 aliphatic rings. The first-order valence-electron chi connectivity index (χ1n) is 5.53. The molecule has 0 unspecified atom stereocenters. The average molecular weight is 275 g/mol. The quantitative estimate of drug-likeness (QED) is 0.852. The summed E-state index contributed by atoms with van der Waals surface area (Å²) in [6, 6.07) is 7.13. The fraction of sp³-hybridized carbons (Fsp3) is 0.417. The van der Waals surface area contributed by atoms with E-state index in [4.69, 9.17) is 11.6 Å². The van der Waals surface area contributed by atoms with Gasteiger partial charge in [-0.05, 0) is 31.2 Å². The number of nitrogens with one attached hydrogen (secondary N) is 1. The van der Waals surface area contributed by atoms with E-state index in [1.165, 1.54) is 0 Å². The smallest absolute Gasteiger partial charge is 0.253 e. The summed E-state index contributed by atoms with van der Waals surface area (Å²) in [6.07, 6.45) is 1.01. The number of carbonyl (C=O) groups is 1. The Kier molecular flexibility index (Phi) is 5.75. The Balaban J connectivity index is 0.00000144. The summed E-state index contributed by atoms with van der Waals surface area (Å²) >= 11 is 5.88. The third-order valence-electron chi connectivity index (χ3n) is 2.70. The minimum atomic E-state index is 0. The van der Waals surface area contributed by atoms with E-state index in [0.29, 0.717) is 10.6 Å². The predicted octanol–water partition coefficient (Wildman–Crippen LogP) is 2.20. The van der Waals surface area contributed by atoms with Crippen molar-refractivity contribution in [3.8, 4) is 0 Å². The van der Waals surface area contributed by atoms with Crippen LogP contribution in [0.3, 0.4) is 0 Å². The maximum absolute atomic E-state index is 12.1. The van der Waals surface area contributed by atoms with Crippen molar-refractivity contribution < 1.29 is 4.79 Å². The second-order valence-corrected chi connectivity index (χ2v) is 4.34. The van der Waals surface area contributed by atoms with Crippen LogP contribution in [-0.4, -0.2) is 37.0 Å². The van der Waals surface area contributed by atoms with Gasteiger partial charge in [0, 0.05) is 30.2 Å². The highest BCUT2D eigenvalue weighted by atomic mass is 35.5. The normalized spacial score (nSPS) is 15.9. The average Bonchev–Trinajstić information content (AvgIpc) is 2.56. The number of halogens is 2. The summed E-state index contributed by atoms with van der Waals surface area (Å²) in [7, 11) is 0. The highest BCUT2D eigenvalue weighted by Crippen LogP contribution is 2.13. The van der Waals surface area contributed by atoms with Gasteiger partial charge in [0.15, 0.2) is 0 Å². The van der Waals surface area contributed by atoms with Crippen molar-refractivity contribution in [2.24, 2.45) is 0 Å². The van der Waals surface area contributed by atoms with Crippen molar-refractivity contribution in [1.29, 1.82) is 0 Å². The van der Waals surface area contributed by atoms with E-state index in [1.807, 2.05) is 17.0 Å². The fourth-order valence-electron chi connectivity index (χ4n) is 1.85. The number of hydrogen-bond acceptors (Lipinski definition) is 2. The highest BCUT2D eigenvalue weighted by molar-refractivity contribution is 6.30. The van der Waals surface area contributed by atoms with Gasteiger partial charge in [0.2, 0.25) is 0 Å². The van der Waals surface area contributed by atoms with Crippen molar-refractivity contribution in [1.82, 2.24) is 10.2 Å². The van der Waals surface area contributed by atoms with E-state index in [2.05, 4.69) is 5.32 Å². The molecule has 1 aromatic carbocycles. The highest BCUT2D eigenvalue weighted by Gasteiger charge is 2.16. The van der Waals surface area contributed by atoms with Crippen LogP contribution < -0.4 is 5.32 Å². The Morgan fingerprint density at radius 1 is 1.29 bits per heavy atom. The minimum absolute atomic E-state index is 0. The molecule has 0 aromatic heterocycles. The summed E-state index contributed by atoms with van der Waals surface area (Å²) in [5.41, 5.74) is 0.675. The van der Waals surface area contributed by atoms with E-state index in [0.717, 1.165) is 32.6 Å². The molecule has 0 bridgehead atoms. The number of nitrogens with zero attached hydrogens (tertiary/aromatic N) is 1. The Labute approximate surface area is 113 Å². The van der Waals surface area contributed by atoms with Crippen molar-refractivity contribution in [3.05, 3.63) is 34.9 Å². The van der Waals surface area contributed by atoms with Crippen molar-refractivity contribution in [2.45, 2.75) is 6.42 Å². The molecule has 1 N–H and O–H groups in total. The molecule has 1 fully saturated rings. The lowest BCUT2D eigenvalue weighted by Crippen LogP contribution is -2.34. The van der Waals surface area contributed by atoms with Gasteiger partial charge in [-0.25, -0.2) is 0 Å². The first kappa shape index (κ1) is 14.3. The zero-order valence-corrected chi connectivity index (χ0v) is 11.1. The standard InChI is InChI=1S/C12H15ClN2O.ClH/c13-11-4-1-3-10(9-11)12(16)15-7-2-5-14-6-8-15;/h1,3-4,9,14H,2,5-8H2;1H. The first-order chi connectivity index (χ1) is 7.77. The van der Waals surface area contributed by atoms with Crippen LogP contribution in [0.5, 0.6) is 0 Å². The molecular formula is C12H16Cl2N2O. The summed E-state index contributed by atoms with van der Waals surface area (Å²) in [5.74, 6) is 0.0752. The van der Waals surface area contributed by atoms with Crippen LogP contribution in [-0.2, 0) is 0 Å². The van der Waals surface area contributed by atoms with Crippen LogP contribution >= 0.6 is 24.0 Å². The molecule has 1 aliphatic heterocycles. The van der Waals surface area contributed by atoms with Crippen LogP contribution in [0.4, 0.5) is 0 Å². The van der Waals surface area contributed by atoms with Gasteiger partial charge < -0.3 is 10.2 Å². The number of carbonyl (C=O) groups excluding carboxylic acids is 1. The summed E-state index contributed by atoms with van der Waals surface area (Å²) in [6.45, 7) is 3.44. The van der Waals surface area contributed by atoms with Gasteiger partial charge >= 0.3 is 0 Å². The van der Waals surface area contributed by atoms with E-state index < -0.39 is 0 Å². The van der Waals surface area contributed by atoms with Crippen molar-refractivity contribution in [3.63, 3.8) is 0 Å². The second-order valence-electron chi connectivity index (χ2n) is 3.91. The fourth-order valence-corrected chi connectivity index (χ4v) is 2.04. The molecular weight excluding hydrogens is 259 g/mol. The zero-order valence-electron chi connectivity index (χ0n) is 9.49. The molecule has 1 saturated heterocycles. The third-order valence-corrected chi connectivity index (χ3v) is 2.93. The Hall–Kier alpha value is -0.770. The number of amides is 1. The third kappa shape index (κ3) is 3.87. The minimum Gasteiger partial charge on any atom is -0.337 e. The van der Waals surface area contributed by atoms with Crippen LogP contribution in [0.15, 0.2) is 24.3 Å². The molecule has 3 nitrogen and oxygen atoms in total. The molecule has 94 valence electrons. The van der Waals surface area contributed by atoms with Gasteiger partial charge in [-0.15, -0.1) is 12.4 Å². The zero-order chi connectivity index (χ0) is 11.4. The number of benzene rings is 1. The molecule has 0 saturated carbocycles. The van der Waals surface area contributed by atoms with E-state index >= 15 is 0 Å². The molecule has 1 heterocycles. The molecule has 0 atom stereocenters. The van der Waals surface area contributed by atoms with E-state index in [-0.39, 0.29) is 18.3 Å². The van der Waals surface area contributed by atoms with Crippen molar-refractivity contribution in [2.75, 3.05) is 26.2 Å². The summed E-state index contributed by atoms with van der Waals surface area (Å²) in [4.78, 5) is 14.0. The van der Waals surface area contributed by atoms with Crippen LogP contribution in [0.25, 0.3) is 0 Å². The molecule has 0 radical (unpaired) electrons. The number of hydrogen-bond donors (Lipinski definition) is 1. The van der Waals surface area contributed by atoms with E-state index in [1.54, 1.807) is 12.1 Å². The van der Waals surface area contributed by atoms with Gasteiger partial charge in [-0.2, -0.15) is 0 Å². The van der Waals surface area contributed by atoms with Gasteiger partial charge in [0.1, 0.15) is 0 Å². The van der Waals surface area contributed by atoms with Crippen LogP contribution in [0.2, 0.25) is 5.02 Å². The monoisotopic (exact) mass is 274 g/mol. The Bertz CT molecular complexity index is 377. The molecule has 0 spiro atoms. The lowest BCUT2D eigenvalue weighted by Gasteiger charge is -2.19. The summed E-state index contributed by atoms with van der Waals surface area (Å²) < 4.78 is 0. The second kappa shape index (κ2) is 6.84.